The van der Waals surface area contributed by atoms with Crippen molar-refractivity contribution >= 4 is 39.1 Å². The zero-order chi connectivity index (χ0) is 27.7. The fraction of sp³-hybridized carbons (Fsp3) is 0.310. The zero-order valence-corrected chi connectivity index (χ0v) is 23.5. The highest BCUT2D eigenvalue weighted by atomic mass is 35.5. The van der Waals surface area contributed by atoms with E-state index in [4.69, 9.17) is 11.6 Å². The van der Waals surface area contributed by atoms with Crippen LogP contribution in [0.5, 0.6) is 0 Å². The van der Waals surface area contributed by atoms with Crippen LogP contribution in [0.4, 0.5) is 5.69 Å². The van der Waals surface area contributed by atoms with E-state index in [0.717, 1.165) is 4.31 Å². The average molecular weight is 556 g/mol. The number of carbonyl (C=O) groups is 2. The summed E-state index contributed by atoms with van der Waals surface area (Å²) < 4.78 is 28.5. The van der Waals surface area contributed by atoms with Crippen LogP contribution in [0.2, 0.25) is 5.02 Å². The van der Waals surface area contributed by atoms with Crippen LogP contribution >= 0.6 is 11.6 Å². The second-order valence-electron chi connectivity index (χ2n) is 9.34. The number of nitrogens with zero attached hydrogens (tertiary/aromatic N) is 2. The number of amides is 2. The minimum Gasteiger partial charge on any atom is -0.354 e. The number of hydrogen-bond acceptors (Lipinski definition) is 4. The molecule has 0 radical (unpaired) electrons. The molecule has 3 aromatic carbocycles. The molecule has 0 aliphatic carbocycles. The number of anilines is 1. The summed E-state index contributed by atoms with van der Waals surface area (Å²) in [7, 11) is -4.08. The second-order valence-corrected chi connectivity index (χ2v) is 11.6. The van der Waals surface area contributed by atoms with E-state index in [2.05, 4.69) is 5.32 Å². The summed E-state index contributed by atoms with van der Waals surface area (Å²) in [5.41, 5.74) is 1.01. The lowest BCUT2D eigenvalue weighted by Crippen LogP contribution is -2.52. The average Bonchev–Trinajstić information content (AvgIpc) is 2.92. The maximum atomic E-state index is 14.0. The van der Waals surface area contributed by atoms with Gasteiger partial charge in [0.2, 0.25) is 11.8 Å². The SMILES string of the molecule is CC[C@H](C(=O)NCC(C)C)N(Cc1ccccc1Cl)C(=O)CN(c1ccccc1)S(=O)(=O)c1ccccc1. The van der Waals surface area contributed by atoms with Crippen molar-refractivity contribution in [1.82, 2.24) is 10.2 Å². The van der Waals surface area contributed by atoms with E-state index >= 15 is 0 Å². The molecule has 1 N–H and O–H groups in total. The maximum Gasteiger partial charge on any atom is 0.264 e. The number of carbonyl (C=O) groups excluding carboxylic acids is 2. The Morgan fingerprint density at radius 3 is 2.05 bits per heavy atom. The van der Waals surface area contributed by atoms with Gasteiger partial charge in [-0.25, -0.2) is 8.42 Å². The molecule has 0 heterocycles. The lowest BCUT2D eigenvalue weighted by atomic mass is 10.1. The topological polar surface area (TPSA) is 86.8 Å². The molecule has 0 saturated carbocycles. The molecule has 0 unspecified atom stereocenters. The van der Waals surface area contributed by atoms with Crippen molar-refractivity contribution in [2.45, 2.75) is 44.7 Å². The summed E-state index contributed by atoms with van der Waals surface area (Å²) in [6.45, 7) is 5.82. The first-order valence-corrected chi connectivity index (χ1v) is 14.4. The fourth-order valence-corrected chi connectivity index (χ4v) is 5.63. The van der Waals surface area contributed by atoms with Crippen LogP contribution in [0.25, 0.3) is 0 Å². The quantitative estimate of drug-likeness (QED) is 0.336. The minimum atomic E-state index is -4.08. The minimum absolute atomic E-state index is 0.0557. The Labute approximate surface area is 230 Å². The van der Waals surface area contributed by atoms with E-state index in [-0.39, 0.29) is 23.3 Å². The number of nitrogens with one attached hydrogen (secondary N) is 1. The molecular formula is C29H34ClN3O4S. The third kappa shape index (κ3) is 7.36. The third-order valence-corrected chi connectivity index (χ3v) is 8.18. The van der Waals surface area contributed by atoms with Crippen molar-refractivity contribution in [3.63, 3.8) is 0 Å². The van der Waals surface area contributed by atoms with Crippen molar-refractivity contribution in [2.24, 2.45) is 5.92 Å². The number of sulfonamides is 1. The first-order valence-electron chi connectivity index (χ1n) is 12.6. The van der Waals surface area contributed by atoms with Crippen molar-refractivity contribution < 1.29 is 18.0 Å². The molecule has 202 valence electrons. The van der Waals surface area contributed by atoms with Crippen LogP contribution in [-0.2, 0) is 26.2 Å². The molecule has 0 bridgehead atoms. The molecule has 0 fully saturated rings. The highest BCUT2D eigenvalue weighted by Gasteiger charge is 2.33. The molecule has 7 nitrogen and oxygen atoms in total. The Bertz CT molecular complexity index is 1320. The summed E-state index contributed by atoms with van der Waals surface area (Å²) in [5.74, 6) is -0.577. The van der Waals surface area contributed by atoms with Gasteiger partial charge in [-0.05, 0) is 48.2 Å². The molecule has 0 spiro atoms. The molecule has 3 aromatic rings. The maximum absolute atomic E-state index is 14.0. The van der Waals surface area contributed by atoms with Crippen LogP contribution in [0.15, 0.2) is 89.8 Å². The highest BCUT2D eigenvalue weighted by molar-refractivity contribution is 7.92. The molecule has 3 rings (SSSR count). The van der Waals surface area contributed by atoms with Gasteiger partial charge in [-0.2, -0.15) is 0 Å². The lowest BCUT2D eigenvalue weighted by molar-refractivity contribution is -0.140. The molecule has 38 heavy (non-hydrogen) atoms. The van der Waals surface area contributed by atoms with Gasteiger partial charge in [0, 0.05) is 18.1 Å². The summed E-state index contributed by atoms with van der Waals surface area (Å²) in [6, 6.07) is 22.7. The predicted molar refractivity (Wildman–Crippen MR) is 151 cm³/mol. The van der Waals surface area contributed by atoms with E-state index in [9.17, 15) is 18.0 Å². The van der Waals surface area contributed by atoms with E-state index in [1.807, 2.05) is 20.8 Å². The number of halogens is 1. The summed E-state index contributed by atoms with van der Waals surface area (Å²) >= 11 is 6.41. The van der Waals surface area contributed by atoms with Gasteiger partial charge >= 0.3 is 0 Å². The Balaban J connectivity index is 2.02. The highest BCUT2D eigenvalue weighted by Crippen LogP contribution is 2.25. The van der Waals surface area contributed by atoms with Gasteiger partial charge in [0.1, 0.15) is 12.6 Å². The molecule has 2 amide bonds. The molecule has 0 aromatic heterocycles. The number of benzene rings is 3. The summed E-state index contributed by atoms with van der Waals surface area (Å²) in [6.07, 6.45) is 0.344. The Morgan fingerprint density at radius 1 is 0.895 bits per heavy atom. The van der Waals surface area contributed by atoms with Crippen LogP contribution in [0.3, 0.4) is 0 Å². The van der Waals surface area contributed by atoms with E-state index in [1.165, 1.54) is 17.0 Å². The van der Waals surface area contributed by atoms with Gasteiger partial charge in [0.15, 0.2) is 0 Å². The van der Waals surface area contributed by atoms with Crippen molar-refractivity contribution in [3.05, 3.63) is 95.5 Å². The van der Waals surface area contributed by atoms with E-state index in [1.54, 1.807) is 72.8 Å². The van der Waals surface area contributed by atoms with Crippen molar-refractivity contribution in [1.29, 1.82) is 0 Å². The summed E-state index contributed by atoms with van der Waals surface area (Å²) in [5, 5.41) is 3.37. The van der Waals surface area contributed by atoms with Gasteiger partial charge < -0.3 is 10.2 Å². The smallest absolute Gasteiger partial charge is 0.264 e. The third-order valence-electron chi connectivity index (χ3n) is 6.02. The van der Waals surface area contributed by atoms with E-state index < -0.39 is 28.5 Å². The Hall–Kier alpha value is -3.36. The molecule has 0 aliphatic rings. The van der Waals surface area contributed by atoms with Crippen LogP contribution < -0.4 is 9.62 Å². The number of rotatable bonds is 12. The molecule has 0 saturated heterocycles. The van der Waals surface area contributed by atoms with Crippen molar-refractivity contribution in [2.75, 3.05) is 17.4 Å². The molecule has 9 heteroatoms. The monoisotopic (exact) mass is 555 g/mol. The van der Waals surface area contributed by atoms with Gasteiger partial charge in [0.25, 0.3) is 10.0 Å². The van der Waals surface area contributed by atoms with E-state index in [0.29, 0.717) is 29.2 Å². The van der Waals surface area contributed by atoms with Gasteiger partial charge in [-0.3, -0.25) is 13.9 Å². The normalized spacial score (nSPS) is 12.1. The zero-order valence-electron chi connectivity index (χ0n) is 21.9. The standard InChI is InChI=1S/C29H34ClN3O4S/c1-4-27(29(35)31-19-22(2)3)32(20-23-13-11-12-18-26(23)30)28(34)21-33(24-14-7-5-8-15-24)38(36,37)25-16-9-6-10-17-25/h5-18,22,27H,4,19-21H2,1-3H3,(H,31,35)/t27-/m1/s1. The first kappa shape index (κ1) is 29.2. The Morgan fingerprint density at radius 2 is 1.47 bits per heavy atom. The predicted octanol–water partition coefficient (Wildman–Crippen LogP) is 5.11. The first-order chi connectivity index (χ1) is 18.1. The van der Waals surface area contributed by atoms with Crippen molar-refractivity contribution in [3.8, 4) is 0 Å². The largest absolute Gasteiger partial charge is 0.354 e. The lowest BCUT2D eigenvalue weighted by Gasteiger charge is -2.33. The van der Waals surface area contributed by atoms with Gasteiger partial charge in [-0.15, -0.1) is 0 Å². The molecule has 1 atom stereocenters. The van der Waals surface area contributed by atoms with Gasteiger partial charge in [-0.1, -0.05) is 87.0 Å². The molecule has 0 aliphatic heterocycles. The van der Waals surface area contributed by atoms with Crippen LogP contribution in [0, 0.1) is 5.92 Å². The van der Waals surface area contributed by atoms with Crippen LogP contribution in [0.1, 0.15) is 32.8 Å². The van der Waals surface area contributed by atoms with Gasteiger partial charge in [0.05, 0.1) is 10.6 Å². The Kier molecular flexibility index (Phi) is 10.3. The second kappa shape index (κ2) is 13.4. The number of hydrogen-bond donors (Lipinski definition) is 1. The number of para-hydroxylation sites is 1. The fourth-order valence-electron chi connectivity index (χ4n) is 3.99. The summed E-state index contributed by atoms with van der Waals surface area (Å²) in [4.78, 5) is 28.7. The van der Waals surface area contributed by atoms with Crippen LogP contribution in [-0.4, -0.2) is 44.3 Å². The molecular weight excluding hydrogens is 522 g/mol.